The highest BCUT2D eigenvalue weighted by atomic mass is 19.1. The first-order valence-corrected chi connectivity index (χ1v) is 8.97. The predicted molar refractivity (Wildman–Crippen MR) is 102 cm³/mol. The van der Waals surface area contributed by atoms with E-state index < -0.39 is 11.6 Å². The summed E-state index contributed by atoms with van der Waals surface area (Å²) in [5.41, 5.74) is 1.03. The molecule has 0 radical (unpaired) electrons. The quantitative estimate of drug-likeness (QED) is 0.683. The molecule has 8 heteroatoms. The Morgan fingerprint density at radius 3 is 2.93 bits per heavy atom. The van der Waals surface area contributed by atoms with Gasteiger partial charge in [0, 0.05) is 31.2 Å². The highest BCUT2D eigenvalue weighted by Crippen LogP contribution is 2.33. The number of nitrogens with zero attached hydrogens (tertiary/aromatic N) is 4. The van der Waals surface area contributed by atoms with Gasteiger partial charge in [0.05, 0.1) is 16.8 Å². The fourth-order valence-electron chi connectivity index (χ4n) is 3.93. The second kappa shape index (κ2) is 6.39. The van der Waals surface area contributed by atoms with Crippen LogP contribution >= 0.6 is 0 Å². The summed E-state index contributed by atoms with van der Waals surface area (Å²) in [5, 5.41) is 6.31. The van der Waals surface area contributed by atoms with Crippen molar-refractivity contribution < 1.29 is 8.78 Å². The number of terminal acetylenes is 1. The van der Waals surface area contributed by atoms with Gasteiger partial charge in [0.15, 0.2) is 23.3 Å². The molecular formula is C20H16F2N6. The van der Waals surface area contributed by atoms with E-state index >= 15 is 0 Å². The summed E-state index contributed by atoms with van der Waals surface area (Å²) in [5.74, 6) is 1.89. The molecular weight excluding hydrogens is 362 g/mol. The molecule has 140 valence electrons. The van der Waals surface area contributed by atoms with E-state index in [1.165, 1.54) is 18.5 Å². The summed E-state index contributed by atoms with van der Waals surface area (Å²) in [7, 11) is 0. The third kappa shape index (κ3) is 2.63. The Morgan fingerprint density at radius 1 is 1.29 bits per heavy atom. The largest absolute Gasteiger partial charge is 0.348 e. The van der Waals surface area contributed by atoms with Crippen molar-refractivity contribution in [3.8, 4) is 12.3 Å². The lowest BCUT2D eigenvalue weighted by molar-refractivity contribution is 0.555. The van der Waals surface area contributed by atoms with Gasteiger partial charge < -0.3 is 15.5 Å². The standard InChI is InChI=1S/C20H16F2N6/c1-2-11-4-3-5-15(17(11)22)26-19-18-16(24-10-25-19)7-14(21)20(27-18)28-9-12-6-13(28)8-23-12/h1,3-5,7,10,12-13,23H,6,8-9H2,(H,24,25,26)/t12-,13-/m0/s1. The lowest BCUT2D eigenvalue weighted by atomic mass is 10.2. The van der Waals surface area contributed by atoms with Crippen LogP contribution in [0.3, 0.4) is 0 Å². The van der Waals surface area contributed by atoms with Crippen molar-refractivity contribution in [1.82, 2.24) is 20.3 Å². The fraction of sp³-hybridized carbons (Fsp3) is 0.250. The number of hydrogen-bond donors (Lipinski definition) is 2. The van der Waals surface area contributed by atoms with Gasteiger partial charge in [0.25, 0.3) is 0 Å². The molecule has 0 spiro atoms. The first-order chi connectivity index (χ1) is 13.6. The molecule has 3 aromatic rings. The molecule has 5 rings (SSSR count). The van der Waals surface area contributed by atoms with Crippen LogP contribution in [0.5, 0.6) is 0 Å². The minimum Gasteiger partial charge on any atom is -0.348 e. The normalized spacial score (nSPS) is 20.5. The molecule has 0 unspecified atom stereocenters. The van der Waals surface area contributed by atoms with Crippen molar-refractivity contribution in [3.05, 3.63) is 47.8 Å². The third-order valence-corrected chi connectivity index (χ3v) is 5.28. The molecule has 2 saturated heterocycles. The van der Waals surface area contributed by atoms with E-state index in [2.05, 4.69) is 31.5 Å². The van der Waals surface area contributed by atoms with E-state index in [0.29, 0.717) is 29.4 Å². The third-order valence-electron chi connectivity index (χ3n) is 5.28. The maximum atomic E-state index is 14.7. The van der Waals surface area contributed by atoms with Gasteiger partial charge in [0.1, 0.15) is 11.8 Å². The van der Waals surface area contributed by atoms with Crippen molar-refractivity contribution in [2.75, 3.05) is 23.3 Å². The second-order valence-corrected chi connectivity index (χ2v) is 6.97. The number of rotatable bonds is 3. The van der Waals surface area contributed by atoms with Crippen LogP contribution in [0.15, 0.2) is 30.6 Å². The van der Waals surface area contributed by atoms with Crippen molar-refractivity contribution in [3.63, 3.8) is 0 Å². The Morgan fingerprint density at radius 2 is 2.18 bits per heavy atom. The minimum atomic E-state index is -0.554. The number of nitrogens with one attached hydrogen (secondary N) is 2. The maximum Gasteiger partial charge on any atom is 0.167 e. The number of benzene rings is 1. The molecule has 6 nitrogen and oxygen atoms in total. The molecule has 28 heavy (non-hydrogen) atoms. The number of fused-ring (bicyclic) bond motifs is 3. The van der Waals surface area contributed by atoms with E-state index in [1.54, 1.807) is 12.1 Å². The summed E-state index contributed by atoms with van der Waals surface area (Å²) in [6.07, 6.45) is 7.59. The predicted octanol–water partition coefficient (Wildman–Crippen LogP) is 2.58. The van der Waals surface area contributed by atoms with Crippen LogP contribution in [0.2, 0.25) is 0 Å². The second-order valence-electron chi connectivity index (χ2n) is 6.97. The molecule has 2 aromatic heterocycles. The summed E-state index contributed by atoms with van der Waals surface area (Å²) in [6.45, 7) is 1.51. The van der Waals surface area contributed by atoms with E-state index in [-0.39, 0.29) is 23.1 Å². The average molecular weight is 378 g/mol. The number of aromatic nitrogens is 3. The molecule has 4 heterocycles. The van der Waals surface area contributed by atoms with Gasteiger partial charge in [-0.2, -0.15) is 0 Å². The van der Waals surface area contributed by atoms with Crippen LogP contribution in [0.4, 0.5) is 26.1 Å². The van der Waals surface area contributed by atoms with Crippen molar-refractivity contribution in [1.29, 1.82) is 0 Å². The van der Waals surface area contributed by atoms with Crippen LogP contribution in [-0.4, -0.2) is 40.1 Å². The van der Waals surface area contributed by atoms with Crippen molar-refractivity contribution in [2.24, 2.45) is 0 Å². The molecule has 0 amide bonds. The number of piperazine rings is 1. The number of pyridine rings is 1. The minimum absolute atomic E-state index is 0.142. The highest BCUT2D eigenvalue weighted by molar-refractivity contribution is 5.88. The van der Waals surface area contributed by atoms with Crippen LogP contribution in [0.25, 0.3) is 11.0 Å². The Kier molecular flexibility index (Phi) is 3.84. The first-order valence-electron chi connectivity index (χ1n) is 8.97. The molecule has 2 aliphatic heterocycles. The number of halogens is 2. The van der Waals surface area contributed by atoms with E-state index in [1.807, 2.05) is 4.90 Å². The Bertz CT molecular complexity index is 1130. The molecule has 2 bridgehead atoms. The van der Waals surface area contributed by atoms with Gasteiger partial charge in [-0.05, 0) is 18.6 Å². The molecule has 2 atom stereocenters. The van der Waals surface area contributed by atoms with Gasteiger partial charge in [-0.15, -0.1) is 6.42 Å². The zero-order valence-electron chi connectivity index (χ0n) is 14.8. The monoisotopic (exact) mass is 378 g/mol. The lowest BCUT2D eigenvalue weighted by Crippen LogP contribution is -2.44. The number of anilines is 3. The summed E-state index contributed by atoms with van der Waals surface area (Å²) >= 11 is 0. The van der Waals surface area contributed by atoms with E-state index in [9.17, 15) is 8.78 Å². The molecule has 1 aromatic carbocycles. The fourth-order valence-corrected chi connectivity index (χ4v) is 3.93. The molecule has 2 fully saturated rings. The molecule has 0 aliphatic carbocycles. The number of hydrogen-bond acceptors (Lipinski definition) is 6. The highest BCUT2D eigenvalue weighted by Gasteiger charge is 2.39. The Hall–Kier alpha value is -3.31. The topological polar surface area (TPSA) is 66.0 Å². The van der Waals surface area contributed by atoms with Gasteiger partial charge >= 0.3 is 0 Å². The summed E-state index contributed by atoms with van der Waals surface area (Å²) < 4.78 is 29.2. The zero-order chi connectivity index (χ0) is 19.3. The average Bonchev–Trinajstić information content (AvgIpc) is 3.33. The molecule has 2 N–H and O–H groups in total. The Balaban J connectivity index is 1.58. The smallest absolute Gasteiger partial charge is 0.167 e. The van der Waals surface area contributed by atoms with Gasteiger partial charge in [0.2, 0.25) is 0 Å². The van der Waals surface area contributed by atoms with Gasteiger partial charge in [-0.25, -0.2) is 23.7 Å². The summed E-state index contributed by atoms with van der Waals surface area (Å²) in [6, 6.07) is 6.64. The van der Waals surface area contributed by atoms with Crippen LogP contribution in [0.1, 0.15) is 12.0 Å². The van der Waals surface area contributed by atoms with Crippen LogP contribution in [-0.2, 0) is 0 Å². The first kappa shape index (κ1) is 16.8. The van der Waals surface area contributed by atoms with E-state index in [4.69, 9.17) is 6.42 Å². The van der Waals surface area contributed by atoms with E-state index in [0.717, 1.165) is 13.0 Å². The van der Waals surface area contributed by atoms with Gasteiger partial charge in [-0.3, -0.25) is 0 Å². The van der Waals surface area contributed by atoms with Crippen LogP contribution < -0.4 is 15.5 Å². The zero-order valence-corrected chi connectivity index (χ0v) is 14.8. The Labute approximate surface area is 160 Å². The van der Waals surface area contributed by atoms with Crippen molar-refractivity contribution in [2.45, 2.75) is 18.5 Å². The summed E-state index contributed by atoms with van der Waals surface area (Å²) in [4.78, 5) is 14.8. The SMILES string of the molecule is C#Cc1cccc(Nc2ncnc3cc(F)c(N4C[C@@H]5C[C@H]4CN5)nc23)c1F. The molecule has 0 saturated carbocycles. The van der Waals surface area contributed by atoms with Gasteiger partial charge in [-0.1, -0.05) is 12.0 Å². The maximum absolute atomic E-state index is 14.7. The molecule has 2 aliphatic rings. The van der Waals surface area contributed by atoms with Crippen LogP contribution in [0, 0.1) is 24.0 Å². The lowest BCUT2D eigenvalue weighted by Gasteiger charge is -2.28. The van der Waals surface area contributed by atoms with Crippen molar-refractivity contribution >= 4 is 28.4 Å².